The number of nitrogens with zero attached hydrogens (tertiary/aromatic N) is 2. The Labute approximate surface area is 125 Å². The molecule has 0 saturated heterocycles. The van der Waals surface area contributed by atoms with E-state index in [2.05, 4.69) is 26.1 Å². The molecule has 5 nitrogen and oxygen atoms in total. The van der Waals surface area contributed by atoms with Crippen molar-refractivity contribution in [3.63, 3.8) is 0 Å². The molecule has 2 N–H and O–H groups in total. The van der Waals surface area contributed by atoms with Gasteiger partial charge in [-0.3, -0.25) is 0 Å². The van der Waals surface area contributed by atoms with Gasteiger partial charge in [0.2, 0.25) is 11.7 Å². The zero-order valence-corrected chi connectivity index (χ0v) is 12.6. The summed E-state index contributed by atoms with van der Waals surface area (Å²) in [5.41, 5.74) is 6.33. The molecule has 1 aromatic carbocycles. The van der Waals surface area contributed by atoms with Crippen molar-refractivity contribution >= 4 is 15.9 Å². The zero-order chi connectivity index (χ0) is 13.9. The molecule has 0 atom stereocenters. The van der Waals surface area contributed by atoms with Crippen molar-refractivity contribution in [3.05, 3.63) is 28.6 Å². The SMILES string of the molecule is NCc1nc(-c2ccc(OCC3CCC3)c(Br)c2)no1. The molecule has 1 saturated carbocycles. The molecule has 1 aromatic heterocycles. The second-order valence-corrected chi connectivity index (χ2v) is 5.82. The summed E-state index contributed by atoms with van der Waals surface area (Å²) in [6, 6.07) is 5.78. The third kappa shape index (κ3) is 2.86. The minimum Gasteiger partial charge on any atom is -0.492 e. The van der Waals surface area contributed by atoms with Gasteiger partial charge < -0.3 is 15.0 Å². The fourth-order valence-corrected chi connectivity index (χ4v) is 2.57. The summed E-state index contributed by atoms with van der Waals surface area (Å²) in [4.78, 5) is 4.20. The number of ether oxygens (including phenoxy) is 1. The third-order valence-corrected chi connectivity index (χ3v) is 4.15. The van der Waals surface area contributed by atoms with Gasteiger partial charge in [0, 0.05) is 5.56 Å². The van der Waals surface area contributed by atoms with Crippen molar-refractivity contribution in [3.8, 4) is 17.1 Å². The van der Waals surface area contributed by atoms with Crippen LogP contribution < -0.4 is 10.5 Å². The molecule has 1 aliphatic rings. The highest BCUT2D eigenvalue weighted by molar-refractivity contribution is 9.10. The standard InChI is InChI=1S/C14H16BrN3O2/c15-11-6-10(14-17-13(7-16)20-18-14)4-5-12(11)19-8-9-2-1-3-9/h4-6,9H,1-3,7-8,16H2. The summed E-state index contributed by atoms with van der Waals surface area (Å²) in [5, 5.41) is 3.90. The maximum absolute atomic E-state index is 5.83. The smallest absolute Gasteiger partial charge is 0.240 e. The minimum absolute atomic E-state index is 0.247. The van der Waals surface area contributed by atoms with Crippen molar-refractivity contribution < 1.29 is 9.26 Å². The molecule has 0 spiro atoms. The summed E-state index contributed by atoms with van der Waals surface area (Å²) < 4.78 is 11.7. The van der Waals surface area contributed by atoms with E-state index in [9.17, 15) is 0 Å². The predicted octanol–water partition coefficient (Wildman–Crippen LogP) is 3.14. The van der Waals surface area contributed by atoms with Crippen LogP contribution in [0.15, 0.2) is 27.2 Å². The zero-order valence-electron chi connectivity index (χ0n) is 11.0. The molecular weight excluding hydrogens is 322 g/mol. The summed E-state index contributed by atoms with van der Waals surface area (Å²) in [6.07, 6.45) is 3.89. The Bertz CT molecular complexity index is 596. The van der Waals surface area contributed by atoms with Gasteiger partial charge in [-0.1, -0.05) is 11.6 Å². The van der Waals surface area contributed by atoms with Crippen LogP contribution in [0.3, 0.4) is 0 Å². The Hall–Kier alpha value is -1.40. The van der Waals surface area contributed by atoms with Crippen molar-refractivity contribution in [2.45, 2.75) is 25.8 Å². The van der Waals surface area contributed by atoms with Gasteiger partial charge in [-0.2, -0.15) is 4.98 Å². The lowest BCUT2D eigenvalue weighted by Gasteiger charge is -2.25. The fraction of sp³-hybridized carbons (Fsp3) is 0.429. The molecule has 3 rings (SSSR count). The highest BCUT2D eigenvalue weighted by Gasteiger charge is 2.18. The van der Waals surface area contributed by atoms with E-state index in [1.807, 2.05) is 18.2 Å². The molecule has 20 heavy (non-hydrogen) atoms. The molecule has 1 heterocycles. The monoisotopic (exact) mass is 337 g/mol. The van der Waals surface area contributed by atoms with Crippen LogP contribution in [0, 0.1) is 5.92 Å². The molecule has 0 unspecified atom stereocenters. The Morgan fingerprint density at radius 1 is 1.40 bits per heavy atom. The van der Waals surface area contributed by atoms with Crippen LogP contribution >= 0.6 is 15.9 Å². The van der Waals surface area contributed by atoms with Gasteiger partial charge in [0.15, 0.2) is 0 Å². The third-order valence-electron chi connectivity index (χ3n) is 3.53. The van der Waals surface area contributed by atoms with Gasteiger partial charge in [-0.05, 0) is 52.9 Å². The second kappa shape index (κ2) is 5.93. The first-order chi connectivity index (χ1) is 9.76. The molecule has 0 amide bonds. The lowest BCUT2D eigenvalue weighted by molar-refractivity contribution is 0.180. The van der Waals surface area contributed by atoms with Crippen LogP contribution in [0.2, 0.25) is 0 Å². The normalized spacial score (nSPS) is 15.1. The second-order valence-electron chi connectivity index (χ2n) is 4.97. The van der Waals surface area contributed by atoms with Gasteiger partial charge >= 0.3 is 0 Å². The molecular formula is C14H16BrN3O2. The molecule has 106 valence electrons. The van der Waals surface area contributed by atoms with Gasteiger partial charge in [0.25, 0.3) is 0 Å². The first-order valence-corrected chi connectivity index (χ1v) is 7.51. The van der Waals surface area contributed by atoms with E-state index in [-0.39, 0.29) is 6.54 Å². The van der Waals surface area contributed by atoms with Crippen molar-refractivity contribution in [1.82, 2.24) is 10.1 Å². The number of hydrogen-bond acceptors (Lipinski definition) is 5. The molecule has 0 aliphatic heterocycles. The summed E-state index contributed by atoms with van der Waals surface area (Å²) in [5.74, 6) is 2.53. The largest absolute Gasteiger partial charge is 0.492 e. The van der Waals surface area contributed by atoms with Gasteiger partial charge in [-0.25, -0.2) is 0 Å². The molecule has 0 radical (unpaired) electrons. The van der Waals surface area contributed by atoms with Crippen LogP contribution in [0.25, 0.3) is 11.4 Å². The van der Waals surface area contributed by atoms with Crippen LogP contribution in [0.4, 0.5) is 0 Å². The maximum atomic E-state index is 5.83. The van der Waals surface area contributed by atoms with E-state index in [0.29, 0.717) is 17.6 Å². The fourth-order valence-electron chi connectivity index (χ4n) is 2.08. The number of aromatic nitrogens is 2. The lowest BCUT2D eigenvalue weighted by Crippen LogP contribution is -2.19. The van der Waals surface area contributed by atoms with Crippen LogP contribution in [0.1, 0.15) is 25.2 Å². The van der Waals surface area contributed by atoms with Crippen molar-refractivity contribution in [2.75, 3.05) is 6.61 Å². The molecule has 6 heteroatoms. The lowest BCUT2D eigenvalue weighted by atomic mass is 9.86. The predicted molar refractivity (Wildman–Crippen MR) is 78.2 cm³/mol. The first-order valence-electron chi connectivity index (χ1n) is 6.71. The van der Waals surface area contributed by atoms with E-state index >= 15 is 0 Å². The van der Waals surface area contributed by atoms with E-state index in [4.69, 9.17) is 15.0 Å². The number of benzene rings is 1. The number of hydrogen-bond donors (Lipinski definition) is 1. The number of halogens is 1. The van der Waals surface area contributed by atoms with Crippen molar-refractivity contribution in [2.24, 2.45) is 11.7 Å². The first kappa shape index (κ1) is 13.6. The number of nitrogens with two attached hydrogens (primary N) is 1. The highest BCUT2D eigenvalue weighted by Crippen LogP contribution is 2.32. The van der Waals surface area contributed by atoms with Crippen LogP contribution in [0.5, 0.6) is 5.75 Å². The quantitative estimate of drug-likeness (QED) is 0.907. The molecule has 1 aliphatic carbocycles. The topological polar surface area (TPSA) is 74.2 Å². The Kier molecular flexibility index (Phi) is 4.03. The highest BCUT2D eigenvalue weighted by atomic mass is 79.9. The molecule has 1 fully saturated rings. The summed E-state index contributed by atoms with van der Waals surface area (Å²) in [7, 11) is 0. The van der Waals surface area contributed by atoms with E-state index < -0.39 is 0 Å². The van der Waals surface area contributed by atoms with Gasteiger partial charge in [0.1, 0.15) is 5.75 Å². The van der Waals surface area contributed by atoms with E-state index in [1.54, 1.807) is 0 Å². The average molecular weight is 338 g/mol. The van der Waals surface area contributed by atoms with Gasteiger partial charge in [-0.15, -0.1) is 0 Å². The minimum atomic E-state index is 0.247. The number of rotatable bonds is 5. The summed E-state index contributed by atoms with van der Waals surface area (Å²) in [6.45, 7) is 1.04. The maximum Gasteiger partial charge on any atom is 0.240 e. The molecule has 0 bridgehead atoms. The van der Waals surface area contributed by atoms with Crippen LogP contribution in [-0.4, -0.2) is 16.7 Å². The Balaban J connectivity index is 1.72. The molecule has 2 aromatic rings. The summed E-state index contributed by atoms with van der Waals surface area (Å²) >= 11 is 3.52. The van der Waals surface area contributed by atoms with E-state index in [1.165, 1.54) is 19.3 Å². The average Bonchev–Trinajstić information content (AvgIpc) is 2.87. The van der Waals surface area contributed by atoms with Crippen molar-refractivity contribution in [1.29, 1.82) is 0 Å². The van der Waals surface area contributed by atoms with Gasteiger partial charge in [0.05, 0.1) is 17.6 Å². The Morgan fingerprint density at radius 2 is 2.25 bits per heavy atom. The van der Waals surface area contributed by atoms with E-state index in [0.717, 1.165) is 22.4 Å². The Morgan fingerprint density at radius 3 is 2.85 bits per heavy atom. The van der Waals surface area contributed by atoms with Crippen LogP contribution in [-0.2, 0) is 6.54 Å².